The van der Waals surface area contributed by atoms with Crippen LogP contribution in [0.5, 0.6) is 0 Å². The van der Waals surface area contributed by atoms with Gasteiger partial charge in [-0.15, -0.1) is 0 Å². The van der Waals surface area contributed by atoms with Crippen molar-refractivity contribution < 1.29 is 24.2 Å². The molecule has 1 saturated heterocycles. The number of esters is 1. The van der Waals surface area contributed by atoms with Gasteiger partial charge in [-0.25, -0.2) is 0 Å². The van der Waals surface area contributed by atoms with Crippen LogP contribution in [-0.2, 0) is 19.1 Å². The van der Waals surface area contributed by atoms with Crippen molar-refractivity contribution in [3.05, 3.63) is 0 Å². The van der Waals surface area contributed by atoms with Gasteiger partial charge < -0.3 is 9.84 Å². The fourth-order valence-corrected chi connectivity index (χ4v) is 0.831. The zero-order valence-corrected chi connectivity index (χ0v) is 10.2. The summed E-state index contributed by atoms with van der Waals surface area (Å²) in [4.78, 5) is 30.6. The first-order chi connectivity index (χ1) is 7.47. The number of aliphatic carboxylic acids is 1. The minimum Gasteiger partial charge on any atom is -0.481 e. The highest BCUT2D eigenvalue weighted by Gasteiger charge is 2.15. The van der Waals surface area contributed by atoms with Gasteiger partial charge in [0.25, 0.3) is 0 Å². The molecule has 1 unspecified atom stereocenters. The van der Waals surface area contributed by atoms with E-state index in [0.717, 1.165) is 5.75 Å². The van der Waals surface area contributed by atoms with Crippen LogP contribution in [0.15, 0.2) is 0 Å². The molecule has 0 aromatic rings. The molecule has 92 valence electrons. The average molecular weight is 248 g/mol. The predicted molar refractivity (Wildman–Crippen MR) is 60.1 cm³/mol. The number of hydrogen-bond acceptors (Lipinski definition) is 5. The summed E-state index contributed by atoms with van der Waals surface area (Å²) >= 11 is 1.38. The summed E-state index contributed by atoms with van der Waals surface area (Å²) in [6, 6.07) is 0. The zero-order chi connectivity index (χ0) is 12.6. The van der Waals surface area contributed by atoms with Crippen molar-refractivity contribution in [1.29, 1.82) is 0 Å². The van der Waals surface area contributed by atoms with E-state index in [4.69, 9.17) is 9.84 Å². The van der Waals surface area contributed by atoms with Crippen molar-refractivity contribution in [1.82, 2.24) is 0 Å². The van der Waals surface area contributed by atoms with Crippen molar-refractivity contribution in [2.24, 2.45) is 5.92 Å². The van der Waals surface area contributed by atoms with Crippen LogP contribution in [0.1, 0.15) is 26.7 Å². The van der Waals surface area contributed by atoms with Gasteiger partial charge in [0.05, 0.1) is 18.3 Å². The molecule has 1 aliphatic heterocycles. The normalized spacial score (nSPS) is 14.5. The standard InChI is InChI=1S/C8H14O4.C2H2OS/c1-3-12-8(11)6(2)4-5-7(9)10;3-2-1-4-2/h6H,3-5H2,1-2H3,(H,9,10);1H2. The number of ether oxygens (including phenoxy) is 1. The van der Waals surface area contributed by atoms with Gasteiger partial charge in [-0.3, -0.25) is 14.4 Å². The summed E-state index contributed by atoms with van der Waals surface area (Å²) in [6.07, 6.45) is 0.355. The average Bonchev–Trinajstić information content (AvgIpc) is 2.98. The molecule has 0 aromatic carbocycles. The molecule has 0 spiro atoms. The second-order valence-corrected chi connectivity index (χ2v) is 4.28. The summed E-state index contributed by atoms with van der Waals surface area (Å²) in [5.74, 6) is -0.758. The van der Waals surface area contributed by atoms with E-state index in [-0.39, 0.29) is 18.3 Å². The molecule has 0 aromatic heterocycles. The van der Waals surface area contributed by atoms with E-state index in [2.05, 4.69) is 0 Å². The Morgan fingerprint density at radius 1 is 1.56 bits per heavy atom. The number of hydrogen-bond donors (Lipinski definition) is 1. The molecule has 0 radical (unpaired) electrons. The van der Waals surface area contributed by atoms with E-state index < -0.39 is 5.97 Å². The lowest BCUT2D eigenvalue weighted by atomic mass is 10.1. The molecule has 16 heavy (non-hydrogen) atoms. The van der Waals surface area contributed by atoms with E-state index in [9.17, 15) is 14.4 Å². The highest BCUT2D eigenvalue weighted by Crippen LogP contribution is 2.18. The molecular weight excluding hydrogens is 232 g/mol. The Kier molecular flexibility index (Phi) is 7.62. The van der Waals surface area contributed by atoms with Crippen molar-refractivity contribution in [3.8, 4) is 0 Å². The molecular formula is C10H16O5S. The molecule has 0 bridgehead atoms. The van der Waals surface area contributed by atoms with Gasteiger partial charge in [0, 0.05) is 6.42 Å². The number of carboxylic acids is 1. The number of rotatable bonds is 5. The fraction of sp³-hybridized carbons (Fsp3) is 0.700. The van der Waals surface area contributed by atoms with Gasteiger partial charge in [0.1, 0.15) is 0 Å². The van der Waals surface area contributed by atoms with Crippen LogP contribution in [0.2, 0.25) is 0 Å². The third-order valence-electron chi connectivity index (χ3n) is 1.74. The minimum atomic E-state index is -0.883. The second-order valence-electron chi connectivity index (χ2n) is 3.25. The van der Waals surface area contributed by atoms with Gasteiger partial charge in [-0.2, -0.15) is 0 Å². The summed E-state index contributed by atoms with van der Waals surface area (Å²) in [7, 11) is 0. The van der Waals surface area contributed by atoms with Crippen molar-refractivity contribution in [3.63, 3.8) is 0 Å². The Hall–Kier alpha value is -1.04. The molecule has 0 saturated carbocycles. The Bertz CT molecular complexity index is 258. The maximum atomic E-state index is 10.9. The number of carboxylic acid groups (broad SMARTS) is 1. The number of carbonyl (C=O) groups excluding carboxylic acids is 2. The van der Waals surface area contributed by atoms with E-state index >= 15 is 0 Å². The lowest BCUT2D eigenvalue weighted by Gasteiger charge is -2.07. The Morgan fingerprint density at radius 3 is 2.38 bits per heavy atom. The quantitative estimate of drug-likeness (QED) is 0.583. The van der Waals surface area contributed by atoms with E-state index in [1.165, 1.54) is 11.8 Å². The third-order valence-corrected chi connectivity index (χ3v) is 2.27. The summed E-state index contributed by atoms with van der Waals surface area (Å²) < 4.78 is 4.70. The molecule has 5 nitrogen and oxygen atoms in total. The number of thioether (sulfide) groups is 1. The predicted octanol–water partition coefficient (Wildman–Crippen LogP) is 1.31. The first kappa shape index (κ1) is 15.0. The highest BCUT2D eigenvalue weighted by molar-refractivity contribution is 8.24. The van der Waals surface area contributed by atoms with Crippen molar-refractivity contribution >= 4 is 28.8 Å². The first-order valence-electron chi connectivity index (χ1n) is 5.01. The molecule has 0 aliphatic carbocycles. The van der Waals surface area contributed by atoms with E-state index in [0.29, 0.717) is 18.1 Å². The van der Waals surface area contributed by atoms with Gasteiger partial charge in [0.2, 0.25) is 0 Å². The molecule has 1 heterocycles. The molecule has 6 heteroatoms. The van der Waals surface area contributed by atoms with E-state index in [1.54, 1.807) is 13.8 Å². The molecule has 1 N–H and O–H groups in total. The van der Waals surface area contributed by atoms with Gasteiger partial charge in [-0.1, -0.05) is 18.7 Å². The van der Waals surface area contributed by atoms with Crippen LogP contribution >= 0.6 is 11.8 Å². The Labute approximate surface area is 98.5 Å². The second kappa shape index (κ2) is 8.15. The van der Waals surface area contributed by atoms with Gasteiger partial charge >= 0.3 is 11.9 Å². The van der Waals surface area contributed by atoms with Crippen LogP contribution < -0.4 is 0 Å². The molecule has 1 atom stereocenters. The van der Waals surface area contributed by atoms with Crippen LogP contribution in [-0.4, -0.2) is 34.5 Å². The minimum absolute atomic E-state index is 0.0139. The van der Waals surface area contributed by atoms with Crippen LogP contribution in [0, 0.1) is 5.92 Å². The van der Waals surface area contributed by atoms with Gasteiger partial charge in [0.15, 0.2) is 5.12 Å². The van der Waals surface area contributed by atoms with Crippen molar-refractivity contribution in [2.75, 3.05) is 12.4 Å². The maximum Gasteiger partial charge on any atom is 0.308 e. The molecule has 1 aliphatic rings. The Balaban J connectivity index is 0.000000462. The largest absolute Gasteiger partial charge is 0.481 e. The monoisotopic (exact) mass is 248 g/mol. The smallest absolute Gasteiger partial charge is 0.308 e. The van der Waals surface area contributed by atoms with Crippen LogP contribution in [0.4, 0.5) is 0 Å². The van der Waals surface area contributed by atoms with Gasteiger partial charge in [-0.05, 0) is 13.3 Å². The lowest BCUT2D eigenvalue weighted by Crippen LogP contribution is -2.15. The van der Waals surface area contributed by atoms with Crippen LogP contribution in [0.25, 0.3) is 0 Å². The summed E-state index contributed by atoms with van der Waals surface area (Å²) in [5, 5.41) is 8.66. The number of carbonyl (C=O) groups is 3. The van der Waals surface area contributed by atoms with Crippen LogP contribution in [0.3, 0.4) is 0 Å². The maximum absolute atomic E-state index is 10.9. The topological polar surface area (TPSA) is 80.7 Å². The SMILES string of the molecule is CCOC(=O)C(C)CCC(=O)O.O=C1CS1. The molecule has 0 amide bonds. The lowest BCUT2D eigenvalue weighted by molar-refractivity contribution is -0.148. The summed E-state index contributed by atoms with van der Waals surface area (Å²) in [6.45, 7) is 3.74. The first-order valence-corrected chi connectivity index (χ1v) is 6.00. The summed E-state index contributed by atoms with van der Waals surface area (Å²) in [5.41, 5.74) is 0. The third kappa shape index (κ3) is 9.51. The Morgan fingerprint density at radius 2 is 2.06 bits per heavy atom. The zero-order valence-electron chi connectivity index (χ0n) is 9.39. The molecule has 1 fully saturated rings. The van der Waals surface area contributed by atoms with E-state index in [1.807, 2.05) is 0 Å². The highest BCUT2D eigenvalue weighted by atomic mass is 32.2. The molecule has 1 rings (SSSR count). The fourth-order valence-electron chi connectivity index (χ4n) is 0.772. The van der Waals surface area contributed by atoms with Crippen molar-refractivity contribution in [2.45, 2.75) is 26.7 Å².